The van der Waals surface area contributed by atoms with Crippen molar-refractivity contribution < 1.29 is 0 Å². The molecule has 0 fully saturated rings. The van der Waals surface area contributed by atoms with Crippen molar-refractivity contribution in [3.63, 3.8) is 0 Å². The van der Waals surface area contributed by atoms with Gasteiger partial charge in [-0.3, -0.25) is 0 Å². The molecule has 0 aromatic heterocycles. The fourth-order valence-corrected chi connectivity index (χ4v) is 1.01. The molecule has 0 aliphatic rings. The lowest BCUT2D eigenvalue weighted by Crippen LogP contribution is -2.13. The maximum absolute atomic E-state index is 3.35. The van der Waals surface area contributed by atoms with E-state index in [-0.39, 0.29) is 0 Å². The van der Waals surface area contributed by atoms with Crippen LogP contribution >= 0.6 is 15.9 Å². The molecule has 0 heterocycles. The van der Waals surface area contributed by atoms with E-state index in [2.05, 4.69) is 52.4 Å². The van der Waals surface area contributed by atoms with Crippen LogP contribution in [0, 0.1) is 0 Å². The molecule has 0 bridgehead atoms. The molecule has 74 valence electrons. The average Bonchev–Trinajstić information content (AvgIpc) is 2.23. The Morgan fingerprint density at radius 1 is 1.15 bits per heavy atom. The largest absolute Gasteiger partial charge is 0.313 e. The summed E-state index contributed by atoms with van der Waals surface area (Å²) >= 11 is 2.94. The number of nitrogens with one attached hydrogen (secondary N) is 1. The number of rotatable bonds is 4. The van der Waals surface area contributed by atoms with E-state index in [1.165, 1.54) is 12.0 Å². The summed E-state index contributed by atoms with van der Waals surface area (Å²) in [5.74, 6) is 1.81. The summed E-state index contributed by atoms with van der Waals surface area (Å²) in [7, 11) is 0. The second-order valence-corrected chi connectivity index (χ2v) is 2.66. The van der Waals surface area contributed by atoms with Crippen LogP contribution in [0.3, 0.4) is 0 Å². The lowest BCUT2D eigenvalue weighted by Gasteiger charge is -2.01. The first-order chi connectivity index (χ1) is 6.43. The molecule has 0 saturated carbocycles. The van der Waals surface area contributed by atoms with Gasteiger partial charge in [0.25, 0.3) is 0 Å². The lowest BCUT2D eigenvalue weighted by atomic mass is 10.2. The van der Waals surface area contributed by atoms with Gasteiger partial charge in [0.05, 0.1) is 0 Å². The molecule has 0 amide bonds. The van der Waals surface area contributed by atoms with Gasteiger partial charge in [-0.15, -0.1) is 0 Å². The van der Waals surface area contributed by atoms with Crippen LogP contribution in [0.15, 0.2) is 30.3 Å². The van der Waals surface area contributed by atoms with E-state index in [0.29, 0.717) is 0 Å². The van der Waals surface area contributed by atoms with Gasteiger partial charge in [0.15, 0.2) is 0 Å². The standard InChI is InChI=1S/C10H15N.CH3Br/c1-2-8-11-9-10-6-4-3-5-7-10;1-2/h3-7,11H,2,8-9H2,1H3;1H3. The van der Waals surface area contributed by atoms with Crippen molar-refractivity contribution in [1.29, 1.82) is 0 Å². The van der Waals surface area contributed by atoms with Gasteiger partial charge in [-0.2, -0.15) is 0 Å². The lowest BCUT2D eigenvalue weighted by molar-refractivity contribution is 0.675. The molecule has 0 saturated heterocycles. The van der Waals surface area contributed by atoms with Crippen LogP contribution in [0.1, 0.15) is 18.9 Å². The molecule has 0 radical (unpaired) electrons. The summed E-state index contributed by atoms with van der Waals surface area (Å²) in [5, 5.41) is 3.35. The van der Waals surface area contributed by atoms with Crippen LogP contribution in [-0.4, -0.2) is 12.4 Å². The molecule has 0 atom stereocenters. The Bertz CT molecular complexity index is 187. The van der Waals surface area contributed by atoms with E-state index < -0.39 is 0 Å². The summed E-state index contributed by atoms with van der Waals surface area (Å²) < 4.78 is 0. The number of benzene rings is 1. The van der Waals surface area contributed by atoms with Crippen molar-refractivity contribution in [2.24, 2.45) is 0 Å². The van der Waals surface area contributed by atoms with Gasteiger partial charge in [-0.25, -0.2) is 0 Å². The van der Waals surface area contributed by atoms with Crippen LogP contribution in [0.2, 0.25) is 0 Å². The topological polar surface area (TPSA) is 12.0 Å². The first-order valence-corrected chi connectivity index (χ1v) is 6.14. The highest BCUT2D eigenvalue weighted by Crippen LogP contribution is 1.96. The van der Waals surface area contributed by atoms with E-state index in [1.807, 2.05) is 11.9 Å². The Hall–Kier alpha value is -0.340. The Labute approximate surface area is 89.7 Å². The Kier molecular flexibility index (Phi) is 9.49. The van der Waals surface area contributed by atoms with Gasteiger partial charge in [0.2, 0.25) is 0 Å². The zero-order valence-corrected chi connectivity index (χ0v) is 9.97. The molecule has 0 aliphatic carbocycles. The summed E-state index contributed by atoms with van der Waals surface area (Å²) in [6, 6.07) is 10.5. The highest BCUT2D eigenvalue weighted by atomic mass is 79.9. The molecule has 1 N–H and O–H groups in total. The predicted molar refractivity (Wildman–Crippen MR) is 63.3 cm³/mol. The molecular weight excluding hydrogens is 226 g/mol. The molecule has 0 spiro atoms. The third kappa shape index (κ3) is 6.79. The highest BCUT2D eigenvalue weighted by molar-refractivity contribution is 9.08. The van der Waals surface area contributed by atoms with Crippen LogP contribution in [0.4, 0.5) is 0 Å². The predicted octanol–water partition coefficient (Wildman–Crippen LogP) is 3.20. The third-order valence-electron chi connectivity index (χ3n) is 1.60. The van der Waals surface area contributed by atoms with E-state index in [4.69, 9.17) is 0 Å². The van der Waals surface area contributed by atoms with Crippen LogP contribution in [-0.2, 0) is 6.54 Å². The Balaban J connectivity index is 0.000000671. The Morgan fingerprint density at radius 2 is 1.77 bits per heavy atom. The van der Waals surface area contributed by atoms with Crippen molar-refractivity contribution in [2.75, 3.05) is 12.4 Å². The van der Waals surface area contributed by atoms with Gasteiger partial charge in [0, 0.05) is 6.54 Å². The fourth-order valence-electron chi connectivity index (χ4n) is 1.01. The minimum Gasteiger partial charge on any atom is -0.313 e. The van der Waals surface area contributed by atoms with Gasteiger partial charge in [-0.1, -0.05) is 53.2 Å². The van der Waals surface area contributed by atoms with Crippen LogP contribution in [0.25, 0.3) is 0 Å². The number of alkyl halides is 1. The van der Waals surface area contributed by atoms with Gasteiger partial charge in [0.1, 0.15) is 0 Å². The van der Waals surface area contributed by atoms with Crippen LogP contribution in [0.5, 0.6) is 0 Å². The molecule has 1 rings (SSSR count). The third-order valence-corrected chi connectivity index (χ3v) is 1.60. The normalized spacial score (nSPS) is 8.85. The monoisotopic (exact) mass is 243 g/mol. The molecule has 1 aromatic carbocycles. The number of hydrogen-bond donors (Lipinski definition) is 1. The first kappa shape index (κ1) is 12.7. The van der Waals surface area contributed by atoms with E-state index >= 15 is 0 Å². The van der Waals surface area contributed by atoms with Crippen molar-refractivity contribution in [2.45, 2.75) is 19.9 Å². The van der Waals surface area contributed by atoms with E-state index in [0.717, 1.165) is 13.1 Å². The molecule has 2 heteroatoms. The minimum atomic E-state index is 0.995. The van der Waals surface area contributed by atoms with Gasteiger partial charge < -0.3 is 5.32 Å². The van der Waals surface area contributed by atoms with Crippen molar-refractivity contribution in [3.8, 4) is 0 Å². The maximum atomic E-state index is 3.35. The smallest absolute Gasteiger partial charge is 0.0205 e. The average molecular weight is 244 g/mol. The summed E-state index contributed by atoms with van der Waals surface area (Å²) in [6.07, 6.45) is 1.20. The Morgan fingerprint density at radius 3 is 2.31 bits per heavy atom. The van der Waals surface area contributed by atoms with Crippen LogP contribution < -0.4 is 5.32 Å². The molecule has 0 unspecified atom stereocenters. The SMILES string of the molecule is CBr.CCCNCc1ccccc1. The summed E-state index contributed by atoms with van der Waals surface area (Å²) in [5.41, 5.74) is 1.36. The van der Waals surface area contributed by atoms with Gasteiger partial charge in [-0.05, 0) is 24.4 Å². The second-order valence-electron chi connectivity index (χ2n) is 2.66. The number of halogens is 1. The zero-order valence-electron chi connectivity index (χ0n) is 8.39. The minimum absolute atomic E-state index is 0.995. The summed E-state index contributed by atoms with van der Waals surface area (Å²) in [4.78, 5) is 0. The van der Waals surface area contributed by atoms with Crippen molar-refractivity contribution >= 4 is 15.9 Å². The molecule has 13 heavy (non-hydrogen) atoms. The molecule has 0 aliphatic heterocycles. The quantitative estimate of drug-likeness (QED) is 0.633. The molecule has 1 nitrogen and oxygen atoms in total. The second kappa shape index (κ2) is 9.75. The number of hydrogen-bond acceptors (Lipinski definition) is 1. The fraction of sp³-hybridized carbons (Fsp3) is 0.455. The molecule has 1 aromatic rings. The molecular formula is C11H18BrN. The maximum Gasteiger partial charge on any atom is 0.0205 e. The van der Waals surface area contributed by atoms with E-state index in [9.17, 15) is 0 Å². The zero-order chi connectivity index (χ0) is 9.94. The first-order valence-electron chi connectivity index (χ1n) is 4.56. The van der Waals surface area contributed by atoms with E-state index in [1.54, 1.807) is 0 Å². The summed E-state index contributed by atoms with van der Waals surface area (Å²) in [6.45, 7) is 4.28. The van der Waals surface area contributed by atoms with Crippen molar-refractivity contribution in [3.05, 3.63) is 35.9 Å². The highest BCUT2D eigenvalue weighted by Gasteiger charge is 1.87. The van der Waals surface area contributed by atoms with Gasteiger partial charge >= 0.3 is 0 Å². The van der Waals surface area contributed by atoms with Crippen molar-refractivity contribution in [1.82, 2.24) is 5.32 Å².